The highest BCUT2D eigenvalue weighted by atomic mass is 32.1. The second-order valence-electron chi connectivity index (χ2n) is 10.7. The number of aryl methyl sites for hydroxylation is 1. The van der Waals surface area contributed by atoms with E-state index in [0.717, 1.165) is 16.9 Å². The molecule has 2 aromatic carbocycles. The van der Waals surface area contributed by atoms with Gasteiger partial charge < -0.3 is 28.1 Å². The summed E-state index contributed by atoms with van der Waals surface area (Å²) >= 11 is 1.02. The third-order valence-corrected chi connectivity index (χ3v) is 6.76. The van der Waals surface area contributed by atoms with Gasteiger partial charge in [0.25, 0.3) is 5.91 Å². The minimum Gasteiger partial charge on any atom is -0.488 e. The number of nitrogens with one attached hydrogen (secondary N) is 1. The SMILES string of the molecule is CCOC(=O)c1sc(NC(=O)c2cc(Oc3ccc(-c4nnc(C)o4)cc3)cc(OC(C)COC)c2)nc1COC(C)(C)C. The number of carbonyl (C=O) groups is 2. The summed E-state index contributed by atoms with van der Waals surface area (Å²) in [5.41, 5.74) is 0.913. The van der Waals surface area contributed by atoms with Crippen molar-refractivity contribution in [3.8, 4) is 28.7 Å². The molecule has 0 saturated heterocycles. The van der Waals surface area contributed by atoms with Gasteiger partial charge in [0.1, 0.15) is 28.2 Å². The molecule has 0 bridgehead atoms. The average molecular weight is 625 g/mol. The molecule has 0 radical (unpaired) electrons. The zero-order valence-corrected chi connectivity index (χ0v) is 26.6. The smallest absolute Gasteiger partial charge is 0.350 e. The molecule has 234 valence electrons. The first kappa shape index (κ1) is 32.6. The van der Waals surface area contributed by atoms with Crippen LogP contribution in [0.15, 0.2) is 46.9 Å². The lowest BCUT2D eigenvalue weighted by molar-refractivity contribution is -0.0168. The lowest BCUT2D eigenvalue weighted by atomic mass is 10.1. The fourth-order valence-electron chi connectivity index (χ4n) is 3.86. The highest BCUT2D eigenvalue weighted by Crippen LogP contribution is 2.31. The molecule has 4 aromatic rings. The summed E-state index contributed by atoms with van der Waals surface area (Å²) in [4.78, 5) is 30.8. The Hall–Kier alpha value is -4.33. The predicted molar refractivity (Wildman–Crippen MR) is 164 cm³/mol. The molecule has 0 spiro atoms. The number of carbonyl (C=O) groups excluding carboxylic acids is 2. The van der Waals surface area contributed by atoms with Crippen LogP contribution in [-0.2, 0) is 20.8 Å². The van der Waals surface area contributed by atoms with Crippen LogP contribution in [0.25, 0.3) is 11.5 Å². The maximum atomic E-state index is 13.5. The molecule has 0 saturated carbocycles. The molecule has 2 heterocycles. The van der Waals surface area contributed by atoms with Gasteiger partial charge in [-0.1, -0.05) is 11.3 Å². The van der Waals surface area contributed by atoms with E-state index in [2.05, 4.69) is 20.5 Å². The van der Waals surface area contributed by atoms with Crippen molar-refractivity contribution in [2.45, 2.75) is 59.9 Å². The Labute approximate surface area is 259 Å². The number of rotatable bonds is 13. The molecule has 44 heavy (non-hydrogen) atoms. The van der Waals surface area contributed by atoms with E-state index in [1.807, 2.05) is 27.7 Å². The second-order valence-corrected chi connectivity index (χ2v) is 11.7. The van der Waals surface area contributed by atoms with Gasteiger partial charge in [-0.2, -0.15) is 0 Å². The summed E-state index contributed by atoms with van der Waals surface area (Å²) in [5.74, 6) is 1.14. The molecule has 0 aliphatic carbocycles. The first-order valence-electron chi connectivity index (χ1n) is 13.9. The Morgan fingerprint density at radius 1 is 1.05 bits per heavy atom. The van der Waals surface area contributed by atoms with E-state index in [-0.39, 0.29) is 34.9 Å². The van der Waals surface area contributed by atoms with Crippen LogP contribution in [0.1, 0.15) is 66.2 Å². The Bertz CT molecular complexity index is 1580. The maximum Gasteiger partial charge on any atom is 0.350 e. The van der Waals surface area contributed by atoms with Gasteiger partial charge in [-0.05, 0) is 71.0 Å². The number of benzene rings is 2. The van der Waals surface area contributed by atoms with Gasteiger partial charge in [0.2, 0.25) is 11.8 Å². The van der Waals surface area contributed by atoms with E-state index in [0.29, 0.717) is 41.3 Å². The number of anilines is 1. The van der Waals surface area contributed by atoms with E-state index >= 15 is 0 Å². The number of aromatic nitrogens is 3. The number of hydrogen-bond acceptors (Lipinski definition) is 12. The van der Waals surface area contributed by atoms with E-state index in [1.165, 1.54) is 0 Å². The van der Waals surface area contributed by atoms with Crippen molar-refractivity contribution < 1.29 is 37.7 Å². The summed E-state index contributed by atoms with van der Waals surface area (Å²) in [7, 11) is 1.58. The van der Waals surface area contributed by atoms with Crippen molar-refractivity contribution in [2.75, 3.05) is 25.6 Å². The first-order valence-corrected chi connectivity index (χ1v) is 14.8. The molecule has 1 unspecified atom stereocenters. The predicted octanol–water partition coefficient (Wildman–Crippen LogP) is 6.45. The minimum absolute atomic E-state index is 0.0770. The fraction of sp³-hybridized carbons (Fsp3) is 0.387. The van der Waals surface area contributed by atoms with Gasteiger partial charge >= 0.3 is 5.97 Å². The molecule has 1 amide bonds. The monoisotopic (exact) mass is 624 g/mol. The minimum atomic E-state index is -0.531. The molecule has 0 aliphatic heterocycles. The van der Waals surface area contributed by atoms with Crippen LogP contribution in [0, 0.1) is 6.92 Å². The third kappa shape index (κ3) is 9.09. The van der Waals surface area contributed by atoms with Crippen molar-refractivity contribution >= 4 is 28.3 Å². The number of ether oxygens (including phenoxy) is 5. The Morgan fingerprint density at radius 3 is 2.41 bits per heavy atom. The molecule has 0 aliphatic rings. The van der Waals surface area contributed by atoms with Crippen LogP contribution in [-0.4, -0.2) is 59.1 Å². The van der Waals surface area contributed by atoms with E-state index in [1.54, 1.807) is 63.4 Å². The zero-order valence-electron chi connectivity index (χ0n) is 25.8. The normalized spacial score (nSPS) is 12.1. The lowest BCUT2D eigenvalue weighted by Crippen LogP contribution is -2.20. The van der Waals surface area contributed by atoms with E-state index in [9.17, 15) is 9.59 Å². The Kier molecular flexibility index (Phi) is 10.7. The summed E-state index contributed by atoms with van der Waals surface area (Å²) in [6.07, 6.45) is -0.292. The first-order chi connectivity index (χ1) is 20.9. The molecule has 1 N–H and O–H groups in total. The third-order valence-electron chi connectivity index (χ3n) is 5.76. The summed E-state index contributed by atoms with van der Waals surface area (Å²) in [6.45, 7) is 11.6. The van der Waals surface area contributed by atoms with Gasteiger partial charge in [-0.15, -0.1) is 10.2 Å². The Morgan fingerprint density at radius 2 is 1.77 bits per heavy atom. The number of methoxy groups -OCH3 is 1. The molecule has 1 atom stereocenters. The number of esters is 1. The lowest BCUT2D eigenvalue weighted by Gasteiger charge is -2.18. The fourth-order valence-corrected chi connectivity index (χ4v) is 4.72. The molecule has 4 rings (SSSR count). The van der Waals surface area contributed by atoms with E-state index < -0.39 is 17.5 Å². The number of amides is 1. The van der Waals surface area contributed by atoms with Crippen LogP contribution in [0.3, 0.4) is 0 Å². The number of thiazole rings is 1. The summed E-state index contributed by atoms with van der Waals surface area (Å²) < 4.78 is 33.8. The van der Waals surface area contributed by atoms with Gasteiger partial charge in [-0.3, -0.25) is 10.1 Å². The topological polar surface area (TPSA) is 144 Å². The van der Waals surface area contributed by atoms with Gasteiger partial charge in [0.15, 0.2) is 5.13 Å². The number of hydrogen-bond donors (Lipinski definition) is 1. The van der Waals surface area contributed by atoms with Gasteiger partial charge in [0.05, 0.1) is 31.1 Å². The van der Waals surface area contributed by atoms with Crippen LogP contribution >= 0.6 is 11.3 Å². The highest BCUT2D eigenvalue weighted by molar-refractivity contribution is 7.17. The van der Waals surface area contributed by atoms with Crippen molar-refractivity contribution in [3.63, 3.8) is 0 Å². The average Bonchev–Trinajstić information content (AvgIpc) is 3.58. The molecule has 0 fully saturated rings. The van der Waals surface area contributed by atoms with Crippen molar-refractivity contribution in [2.24, 2.45) is 0 Å². The Balaban J connectivity index is 1.58. The summed E-state index contributed by atoms with van der Waals surface area (Å²) in [6, 6.07) is 12.0. The quantitative estimate of drug-likeness (QED) is 0.164. The largest absolute Gasteiger partial charge is 0.488 e. The van der Waals surface area contributed by atoms with Crippen LogP contribution in [0.2, 0.25) is 0 Å². The van der Waals surface area contributed by atoms with Gasteiger partial charge in [-0.25, -0.2) is 9.78 Å². The molecule has 2 aromatic heterocycles. The van der Waals surface area contributed by atoms with Crippen molar-refractivity contribution in [1.29, 1.82) is 0 Å². The van der Waals surface area contributed by atoms with Crippen molar-refractivity contribution in [1.82, 2.24) is 15.2 Å². The van der Waals surface area contributed by atoms with Crippen molar-refractivity contribution in [3.05, 3.63) is 64.5 Å². The molecule has 12 nitrogen and oxygen atoms in total. The van der Waals surface area contributed by atoms with E-state index in [4.69, 9.17) is 28.1 Å². The van der Waals surface area contributed by atoms with Crippen LogP contribution in [0.4, 0.5) is 5.13 Å². The summed E-state index contributed by atoms with van der Waals surface area (Å²) in [5, 5.41) is 10.9. The highest BCUT2D eigenvalue weighted by Gasteiger charge is 2.23. The molecular formula is C31H36N4O8S. The molecular weight excluding hydrogens is 588 g/mol. The molecule has 13 heteroatoms. The second kappa shape index (κ2) is 14.4. The van der Waals surface area contributed by atoms with Gasteiger partial charge in [0, 0.05) is 31.2 Å². The number of nitrogens with zero attached hydrogens (tertiary/aromatic N) is 3. The van der Waals surface area contributed by atoms with Crippen LogP contribution in [0.5, 0.6) is 17.2 Å². The standard InChI is InChI=1S/C31H36N4O8S/c1-8-39-29(37)26-25(17-40-31(4,5)6)32-30(44-26)33-27(36)21-13-23(41-18(2)16-38-7)15-24(14-21)43-22-11-9-20(10-12-22)28-35-34-19(3)42-28/h9-15,18H,8,16-17H2,1-7H3,(H,32,33,36). The zero-order chi connectivity index (χ0) is 31.9. The van der Waals surface area contributed by atoms with Crippen LogP contribution < -0.4 is 14.8 Å². The maximum absolute atomic E-state index is 13.5.